The summed E-state index contributed by atoms with van der Waals surface area (Å²) in [6, 6.07) is 11.1. The van der Waals surface area contributed by atoms with Crippen LogP contribution in [0.25, 0.3) is 22.1 Å². The monoisotopic (exact) mass is 392 g/mol. The molecule has 0 saturated heterocycles. The molecule has 1 heterocycles. The fourth-order valence-electron chi connectivity index (χ4n) is 2.10. The van der Waals surface area contributed by atoms with Gasteiger partial charge in [0.15, 0.2) is 5.43 Å². The van der Waals surface area contributed by atoms with E-state index in [0.717, 1.165) is 0 Å². The summed E-state index contributed by atoms with van der Waals surface area (Å²) >= 11 is 1.71. The third-order valence-corrected chi connectivity index (χ3v) is 3.80. The van der Waals surface area contributed by atoms with Crippen molar-refractivity contribution in [3.05, 3.63) is 64.5 Å². The van der Waals surface area contributed by atoms with Gasteiger partial charge in [0.05, 0.1) is 10.9 Å². The van der Waals surface area contributed by atoms with Crippen molar-refractivity contribution >= 4 is 37.4 Å². The lowest BCUT2D eigenvalue weighted by atomic mass is 10.0. The van der Waals surface area contributed by atoms with E-state index >= 15 is 0 Å². The van der Waals surface area contributed by atoms with Crippen LogP contribution in [-0.4, -0.2) is 8.90 Å². The average molecular weight is 392 g/mol. The number of hydrogen-bond donors (Lipinski definition) is 1. The Kier molecular flexibility index (Phi) is 3.50. The number of benzene rings is 2. The molecule has 2 aromatic carbocycles. The summed E-state index contributed by atoms with van der Waals surface area (Å²) in [5, 5.41) is 9.80. The molecule has 1 N–H and O–H groups in total. The number of rotatable bonds is 2. The van der Waals surface area contributed by atoms with Crippen LogP contribution < -0.4 is 5.43 Å². The zero-order valence-electron chi connectivity index (χ0n) is 10.7. The smallest absolute Gasteiger partial charge is 0.222 e. The van der Waals surface area contributed by atoms with Gasteiger partial charge >= 0.3 is 0 Å². The molecular formula is C16H9IO4. The van der Waals surface area contributed by atoms with Crippen molar-refractivity contribution < 1.29 is 14.3 Å². The van der Waals surface area contributed by atoms with Gasteiger partial charge in [0.2, 0.25) is 3.79 Å². The fourth-order valence-corrected chi connectivity index (χ4v) is 2.46. The van der Waals surface area contributed by atoms with E-state index in [4.69, 9.17) is 4.42 Å². The van der Waals surface area contributed by atoms with Crippen LogP contribution in [0.15, 0.2) is 57.9 Å². The maximum Gasteiger partial charge on any atom is 0.222 e. The largest absolute Gasteiger partial charge is 0.508 e. The molecule has 0 aliphatic rings. The molecule has 21 heavy (non-hydrogen) atoms. The quantitative estimate of drug-likeness (QED) is 0.533. The van der Waals surface area contributed by atoms with Gasteiger partial charge in [-0.25, -0.2) is 0 Å². The van der Waals surface area contributed by atoms with Crippen LogP contribution in [0.3, 0.4) is 0 Å². The molecule has 0 unspecified atom stereocenters. The number of carbonyl (C=O) groups is 1. The summed E-state index contributed by atoms with van der Waals surface area (Å²) < 4.78 is 5.35. The normalized spacial score (nSPS) is 10.7. The van der Waals surface area contributed by atoms with Crippen LogP contribution in [-0.2, 0) is 0 Å². The van der Waals surface area contributed by atoms with Gasteiger partial charge in [-0.3, -0.25) is 9.59 Å². The van der Waals surface area contributed by atoms with Gasteiger partial charge in [-0.15, -0.1) is 0 Å². The lowest BCUT2D eigenvalue weighted by Gasteiger charge is -2.03. The van der Waals surface area contributed by atoms with Gasteiger partial charge in [-0.1, -0.05) is 12.1 Å². The number of carbonyl (C=O) groups excluding carboxylic acids is 1. The Bertz CT molecular complexity index is 894. The van der Waals surface area contributed by atoms with Gasteiger partial charge in [-0.05, 0) is 29.8 Å². The van der Waals surface area contributed by atoms with E-state index in [0.29, 0.717) is 27.7 Å². The molecule has 0 fully saturated rings. The molecule has 104 valence electrons. The second kappa shape index (κ2) is 5.33. The van der Waals surface area contributed by atoms with E-state index < -0.39 is 0 Å². The van der Waals surface area contributed by atoms with Crippen LogP contribution in [0.4, 0.5) is 0 Å². The maximum atomic E-state index is 12.4. The van der Waals surface area contributed by atoms with E-state index in [1.807, 2.05) is 0 Å². The summed E-state index contributed by atoms with van der Waals surface area (Å²) in [7, 11) is 0. The zero-order valence-corrected chi connectivity index (χ0v) is 12.8. The third kappa shape index (κ3) is 2.56. The molecule has 0 saturated carbocycles. The minimum absolute atomic E-state index is 0.0447. The van der Waals surface area contributed by atoms with Crippen molar-refractivity contribution in [3.8, 4) is 16.9 Å². The molecule has 0 atom stereocenters. The lowest BCUT2D eigenvalue weighted by Crippen LogP contribution is -2.04. The van der Waals surface area contributed by atoms with E-state index in [1.54, 1.807) is 46.9 Å². The highest BCUT2D eigenvalue weighted by molar-refractivity contribution is 14.1. The molecule has 1 aromatic heterocycles. The van der Waals surface area contributed by atoms with Gasteiger partial charge < -0.3 is 9.52 Å². The first kappa shape index (κ1) is 13.8. The minimum atomic E-state index is -0.176. The highest BCUT2D eigenvalue weighted by Crippen LogP contribution is 2.23. The molecule has 0 aliphatic heterocycles. The van der Waals surface area contributed by atoms with E-state index in [-0.39, 0.29) is 15.0 Å². The van der Waals surface area contributed by atoms with Crippen LogP contribution in [0, 0.1) is 0 Å². The Morgan fingerprint density at radius 2 is 1.81 bits per heavy atom. The van der Waals surface area contributed by atoms with Gasteiger partial charge in [0.1, 0.15) is 17.6 Å². The van der Waals surface area contributed by atoms with Crippen molar-refractivity contribution in [2.45, 2.75) is 0 Å². The highest BCUT2D eigenvalue weighted by Gasteiger charge is 2.10. The number of fused-ring (bicyclic) bond motifs is 1. The Morgan fingerprint density at radius 3 is 2.48 bits per heavy atom. The molecular weight excluding hydrogens is 383 g/mol. The Labute approximate surface area is 133 Å². The molecule has 0 spiro atoms. The predicted molar refractivity (Wildman–Crippen MR) is 87.9 cm³/mol. The summed E-state index contributed by atoms with van der Waals surface area (Å²) in [6.07, 6.45) is 1.37. The standard InChI is InChI=1S/C16H9IO4/c17-16(20)10-3-1-9(2-4-10)13-8-21-14-7-11(18)5-6-12(14)15(13)19/h1-8,18H. The first-order valence-electron chi connectivity index (χ1n) is 6.11. The summed E-state index contributed by atoms with van der Waals surface area (Å²) in [4.78, 5) is 23.7. The van der Waals surface area contributed by atoms with Crippen molar-refractivity contribution in [1.29, 1.82) is 0 Å². The van der Waals surface area contributed by atoms with Gasteiger partial charge in [0.25, 0.3) is 0 Å². The van der Waals surface area contributed by atoms with Crippen molar-refractivity contribution in [2.75, 3.05) is 0 Å². The zero-order chi connectivity index (χ0) is 15.0. The Hall–Kier alpha value is -2.15. The van der Waals surface area contributed by atoms with E-state index in [1.165, 1.54) is 24.5 Å². The maximum absolute atomic E-state index is 12.4. The molecule has 0 amide bonds. The topological polar surface area (TPSA) is 67.5 Å². The average Bonchev–Trinajstić information content (AvgIpc) is 2.47. The minimum Gasteiger partial charge on any atom is -0.508 e. The summed E-state index contributed by atoms with van der Waals surface area (Å²) in [5.74, 6) is 0.0447. The number of halogens is 1. The first-order chi connectivity index (χ1) is 10.1. The molecule has 0 radical (unpaired) electrons. The van der Waals surface area contributed by atoms with Crippen LogP contribution >= 0.6 is 22.6 Å². The second-order valence-electron chi connectivity index (χ2n) is 4.51. The second-order valence-corrected chi connectivity index (χ2v) is 5.49. The van der Waals surface area contributed by atoms with E-state index in [9.17, 15) is 14.7 Å². The first-order valence-corrected chi connectivity index (χ1v) is 7.19. The predicted octanol–water partition coefficient (Wildman–Crippen LogP) is 3.74. The molecule has 3 rings (SSSR count). The lowest BCUT2D eigenvalue weighted by molar-refractivity contribution is 0.110. The molecule has 3 aromatic rings. The van der Waals surface area contributed by atoms with Crippen molar-refractivity contribution in [3.63, 3.8) is 0 Å². The van der Waals surface area contributed by atoms with E-state index in [2.05, 4.69) is 0 Å². The summed E-state index contributed by atoms with van der Waals surface area (Å²) in [6.45, 7) is 0. The molecule has 4 nitrogen and oxygen atoms in total. The van der Waals surface area contributed by atoms with Crippen LogP contribution in [0.2, 0.25) is 0 Å². The number of phenols is 1. The van der Waals surface area contributed by atoms with Crippen LogP contribution in [0.5, 0.6) is 5.75 Å². The Morgan fingerprint density at radius 1 is 1.10 bits per heavy atom. The van der Waals surface area contributed by atoms with Crippen molar-refractivity contribution in [2.24, 2.45) is 0 Å². The van der Waals surface area contributed by atoms with Gasteiger partial charge in [-0.2, -0.15) is 0 Å². The van der Waals surface area contributed by atoms with Crippen LogP contribution in [0.1, 0.15) is 10.4 Å². The molecule has 5 heteroatoms. The third-order valence-electron chi connectivity index (χ3n) is 3.18. The molecule has 0 aliphatic carbocycles. The summed E-state index contributed by atoms with van der Waals surface area (Å²) in [5.41, 5.74) is 1.84. The highest BCUT2D eigenvalue weighted by atomic mass is 127. The SMILES string of the molecule is O=C(I)c1ccc(-c2coc3cc(O)ccc3c2=O)cc1. The van der Waals surface area contributed by atoms with Gasteiger partial charge in [0, 0.05) is 34.2 Å². The molecule has 0 bridgehead atoms. The fraction of sp³-hybridized carbons (Fsp3) is 0. The number of hydrogen-bond acceptors (Lipinski definition) is 4. The van der Waals surface area contributed by atoms with Crippen molar-refractivity contribution in [1.82, 2.24) is 0 Å². The number of phenolic OH excluding ortho intramolecular Hbond substituents is 1. The Balaban J connectivity index is 2.16. The number of aromatic hydroxyl groups is 1.